The van der Waals surface area contributed by atoms with Crippen LogP contribution < -0.4 is 9.47 Å². The molecule has 1 N–H and O–H groups in total. The molecule has 0 aliphatic carbocycles. The third-order valence-corrected chi connectivity index (χ3v) is 4.40. The number of hydrogen-bond donors (Lipinski definition) is 1. The SMILES string of the molecule is COc1cc2c(cc1OC(=O)C(C)(C)C)CCN(C(=O)OC(C)(C)C)[C@H]2CO. The van der Waals surface area contributed by atoms with E-state index in [0.717, 1.165) is 11.1 Å². The Kier molecular flexibility index (Phi) is 6.28. The van der Waals surface area contributed by atoms with Gasteiger partial charge < -0.3 is 19.3 Å². The van der Waals surface area contributed by atoms with Gasteiger partial charge in [0.05, 0.1) is 25.2 Å². The number of benzene rings is 1. The number of methoxy groups -OCH3 is 1. The largest absolute Gasteiger partial charge is 0.493 e. The van der Waals surface area contributed by atoms with E-state index in [0.29, 0.717) is 24.5 Å². The summed E-state index contributed by atoms with van der Waals surface area (Å²) < 4.78 is 16.4. The summed E-state index contributed by atoms with van der Waals surface area (Å²) in [6, 6.07) is 2.92. The molecular formula is C21H31NO6. The highest BCUT2D eigenvalue weighted by Gasteiger charge is 2.35. The van der Waals surface area contributed by atoms with E-state index < -0.39 is 23.2 Å². The van der Waals surface area contributed by atoms with E-state index in [1.807, 2.05) is 0 Å². The zero-order valence-corrected chi connectivity index (χ0v) is 17.8. The minimum absolute atomic E-state index is 0.253. The molecule has 0 saturated heterocycles. The van der Waals surface area contributed by atoms with E-state index >= 15 is 0 Å². The van der Waals surface area contributed by atoms with Crippen LogP contribution in [0.4, 0.5) is 4.79 Å². The Morgan fingerprint density at radius 1 is 1.14 bits per heavy atom. The second-order valence-corrected chi connectivity index (χ2v) is 8.96. The molecule has 7 nitrogen and oxygen atoms in total. The Balaban J connectivity index is 2.37. The fourth-order valence-corrected chi connectivity index (χ4v) is 2.94. The quantitative estimate of drug-likeness (QED) is 0.625. The van der Waals surface area contributed by atoms with Gasteiger partial charge in [0, 0.05) is 6.54 Å². The lowest BCUT2D eigenvalue weighted by Gasteiger charge is -2.37. The van der Waals surface area contributed by atoms with E-state index in [1.54, 1.807) is 53.7 Å². The summed E-state index contributed by atoms with van der Waals surface area (Å²) in [5, 5.41) is 9.96. The van der Waals surface area contributed by atoms with E-state index in [4.69, 9.17) is 14.2 Å². The van der Waals surface area contributed by atoms with Crippen LogP contribution in [0.15, 0.2) is 12.1 Å². The molecule has 1 amide bonds. The molecule has 0 fully saturated rings. The predicted molar refractivity (Wildman–Crippen MR) is 105 cm³/mol. The van der Waals surface area contributed by atoms with Gasteiger partial charge in [-0.15, -0.1) is 0 Å². The summed E-state index contributed by atoms with van der Waals surface area (Å²) in [5.74, 6) is 0.347. The molecule has 7 heteroatoms. The van der Waals surface area contributed by atoms with Crippen LogP contribution in [0.25, 0.3) is 0 Å². The highest BCUT2D eigenvalue weighted by atomic mass is 16.6. The van der Waals surface area contributed by atoms with Gasteiger partial charge in [0.25, 0.3) is 0 Å². The lowest BCUT2D eigenvalue weighted by Crippen LogP contribution is -2.44. The molecule has 1 atom stereocenters. The van der Waals surface area contributed by atoms with Crippen molar-refractivity contribution in [2.24, 2.45) is 5.41 Å². The van der Waals surface area contributed by atoms with E-state index in [9.17, 15) is 14.7 Å². The molecule has 0 spiro atoms. The predicted octanol–water partition coefficient (Wildman–Crippen LogP) is 3.47. The second kappa shape index (κ2) is 7.99. The van der Waals surface area contributed by atoms with Crippen LogP contribution >= 0.6 is 0 Å². The zero-order chi connectivity index (χ0) is 21.3. The molecular weight excluding hydrogens is 362 g/mol. The number of hydrogen-bond acceptors (Lipinski definition) is 6. The molecule has 2 rings (SSSR count). The fraction of sp³-hybridized carbons (Fsp3) is 0.619. The molecule has 1 heterocycles. The molecule has 0 unspecified atom stereocenters. The first-order chi connectivity index (χ1) is 12.9. The maximum atomic E-state index is 12.6. The lowest BCUT2D eigenvalue weighted by molar-refractivity contribution is -0.143. The average molecular weight is 393 g/mol. The number of fused-ring (bicyclic) bond motifs is 1. The number of esters is 1. The zero-order valence-electron chi connectivity index (χ0n) is 17.8. The van der Waals surface area contributed by atoms with Crippen LogP contribution in [0.2, 0.25) is 0 Å². The summed E-state index contributed by atoms with van der Waals surface area (Å²) in [5.41, 5.74) is 0.380. The van der Waals surface area contributed by atoms with Gasteiger partial charge in [-0.3, -0.25) is 9.69 Å². The molecule has 1 aromatic carbocycles. The van der Waals surface area contributed by atoms with Gasteiger partial charge in [-0.05, 0) is 71.2 Å². The van der Waals surface area contributed by atoms with Crippen molar-refractivity contribution in [2.45, 2.75) is 59.6 Å². The summed E-state index contributed by atoms with van der Waals surface area (Å²) in [6.07, 6.45) is 0.0780. The summed E-state index contributed by atoms with van der Waals surface area (Å²) in [6.45, 7) is 10.9. The van der Waals surface area contributed by atoms with Gasteiger partial charge in [-0.25, -0.2) is 4.79 Å². The van der Waals surface area contributed by atoms with E-state index in [-0.39, 0.29) is 12.6 Å². The monoisotopic (exact) mass is 393 g/mol. The van der Waals surface area contributed by atoms with Crippen LogP contribution in [0, 0.1) is 5.41 Å². The molecule has 1 aliphatic heterocycles. The highest BCUT2D eigenvalue weighted by Crippen LogP contribution is 2.39. The number of aliphatic hydroxyl groups excluding tert-OH is 1. The Morgan fingerprint density at radius 2 is 1.79 bits per heavy atom. The first kappa shape index (κ1) is 22.0. The minimum Gasteiger partial charge on any atom is -0.493 e. The second-order valence-electron chi connectivity index (χ2n) is 8.96. The number of ether oxygens (including phenoxy) is 3. The number of nitrogens with zero attached hydrogens (tertiary/aromatic N) is 1. The number of rotatable bonds is 3. The van der Waals surface area contributed by atoms with Crippen molar-refractivity contribution in [3.63, 3.8) is 0 Å². The number of carbonyl (C=O) groups excluding carboxylic acids is 2. The summed E-state index contributed by atoms with van der Waals surface area (Å²) >= 11 is 0. The number of amides is 1. The molecule has 1 aliphatic rings. The van der Waals surface area contributed by atoms with Crippen molar-refractivity contribution >= 4 is 12.1 Å². The van der Waals surface area contributed by atoms with Crippen molar-refractivity contribution in [3.05, 3.63) is 23.3 Å². The number of aliphatic hydroxyl groups is 1. The van der Waals surface area contributed by atoms with Gasteiger partial charge in [-0.2, -0.15) is 0 Å². The average Bonchev–Trinajstić information content (AvgIpc) is 2.57. The van der Waals surface area contributed by atoms with Crippen LogP contribution in [0.5, 0.6) is 11.5 Å². The Hall–Kier alpha value is -2.28. The molecule has 1 aromatic rings. The third kappa shape index (κ3) is 4.95. The van der Waals surface area contributed by atoms with Crippen LogP contribution in [-0.2, 0) is 16.0 Å². The van der Waals surface area contributed by atoms with Crippen molar-refractivity contribution in [1.29, 1.82) is 0 Å². The molecule has 0 radical (unpaired) electrons. The Bertz CT molecular complexity index is 744. The first-order valence-corrected chi connectivity index (χ1v) is 9.41. The number of carbonyl (C=O) groups is 2. The molecule has 0 bridgehead atoms. The standard InChI is InChI=1S/C21H31NO6/c1-20(2,3)18(24)27-17-10-13-8-9-22(19(25)28-21(4,5)6)15(12-23)14(13)11-16(17)26-7/h10-11,15,23H,8-9,12H2,1-7H3/t15-/m0/s1. The third-order valence-electron chi connectivity index (χ3n) is 4.40. The Labute approximate surface area is 166 Å². The molecule has 0 saturated carbocycles. The smallest absolute Gasteiger partial charge is 0.410 e. The van der Waals surface area contributed by atoms with Gasteiger partial charge in [0.2, 0.25) is 0 Å². The van der Waals surface area contributed by atoms with E-state index in [1.165, 1.54) is 12.0 Å². The van der Waals surface area contributed by atoms with Gasteiger partial charge >= 0.3 is 12.1 Å². The Morgan fingerprint density at radius 3 is 2.29 bits per heavy atom. The minimum atomic E-state index is -0.651. The van der Waals surface area contributed by atoms with Crippen molar-refractivity contribution in [2.75, 3.05) is 20.3 Å². The topological polar surface area (TPSA) is 85.3 Å². The van der Waals surface area contributed by atoms with Crippen LogP contribution in [0.1, 0.15) is 58.7 Å². The highest BCUT2D eigenvalue weighted by molar-refractivity contribution is 5.78. The van der Waals surface area contributed by atoms with Crippen molar-refractivity contribution in [1.82, 2.24) is 4.90 Å². The van der Waals surface area contributed by atoms with Gasteiger partial charge in [0.15, 0.2) is 11.5 Å². The summed E-state index contributed by atoms with van der Waals surface area (Å²) in [7, 11) is 1.48. The van der Waals surface area contributed by atoms with Gasteiger partial charge in [-0.1, -0.05) is 0 Å². The first-order valence-electron chi connectivity index (χ1n) is 9.41. The van der Waals surface area contributed by atoms with Crippen molar-refractivity contribution < 1.29 is 28.9 Å². The molecule has 156 valence electrons. The van der Waals surface area contributed by atoms with Crippen LogP contribution in [-0.4, -0.2) is 47.9 Å². The maximum absolute atomic E-state index is 12.6. The van der Waals surface area contributed by atoms with E-state index in [2.05, 4.69) is 0 Å². The normalized spacial score (nSPS) is 17.0. The fourth-order valence-electron chi connectivity index (χ4n) is 2.94. The molecule has 0 aromatic heterocycles. The van der Waals surface area contributed by atoms with Gasteiger partial charge in [0.1, 0.15) is 5.60 Å². The molecule has 28 heavy (non-hydrogen) atoms. The van der Waals surface area contributed by atoms with Crippen LogP contribution in [0.3, 0.4) is 0 Å². The summed E-state index contributed by atoms with van der Waals surface area (Å²) in [4.78, 5) is 26.4. The van der Waals surface area contributed by atoms with Crippen molar-refractivity contribution in [3.8, 4) is 11.5 Å². The lowest BCUT2D eigenvalue weighted by atomic mass is 9.92. The maximum Gasteiger partial charge on any atom is 0.410 e.